The number of carbonyl (C=O) groups is 2. The van der Waals surface area contributed by atoms with Gasteiger partial charge in [-0.25, -0.2) is 4.79 Å². The first kappa shape index (κ1) is 22.2. The van der Waals surface area contributed by atoms with Gasteiger partial charge in [-0.3, -0.25) is 4.79 Å². The van der Waals surface area contributed by atoms with E-state index < -0.39 is 5.97 Å². The molecule has 0 aliphatic carbocycles. The fourth-order valence-corrected chi connectivity index (χ4v) is 4.17. The highest BCUT2D eigenvalue weighted by Gasteiger charge is 2.24. The smallest absolute Gasteiger partial charge is 0.335 e. The molecule has 2 aromatic rings. The van der Waals surface area contributed by atoms with Crippen molar-refractivity contribution in [3.8, 4) is 0 Å². The Morgan fingerprint density at radius 1 is 1.13 bits per heavy atom. The summed E-state index contributed by atoms with van der Waals surface area (Å²) >= 11 is 6.19. The Bertz CT molecular complexity index is 888. The molecule has 1 saturated heterocycles. The van der Waals surface area contributed by atoms with Crippen molar-refractivity contribution in [2.24, 2.45) is 11.8 Å². The van der Waals surface area contributed by atoms with Gasteiger partial charge in [0.05, 0.1) is 11.1 Å². The quantitative estimate of drug-likeness (QED) is 0.659. The minimum Gasteiger partial charge on any atom is -0.478 e. The summed E-state index contributed by atoms with van der Waals surface area (Å²) in [7, 11) is 0. The van der Waals surface area contributed by atoms with Gasteiger partial charge in [0.15, 0.2) is 0 Å². The van der Waals surface area contributed by atoms with Crippen LogP contribution in [0.5, 0.6) is 0 Å². The molecule has 1 fully saturated rings. The zero-order valence-corrected chi connectivity index (χ0v) is 18.3. The summed E-state index contributed by atoms with van der Waals surface area (Å²) in [6.07, 6.45) is 2.89. The lowest BCUT2D eigenvalue weighted by atomic mass is 9.86. The number of nitrogens with zero attached hydrogens (tertiary/aromatic N) is 1. The molecular formula is C24H29ClN2O3. The van der Waals surface area contributed by atoms with Gasteiger partial charge in [-0.15, -0.1) is 0 Å². The van der Waals surface area contributed by atoms with Crippen LogP contribution in [0.2, 0.25) is 5.02 Å². The summed E-state index contributed by atoms with van der Waals surface area (Å²) in [6.45, 7) is 6.90. The maximum atomic E-state index is 12.9. The summed E-state index contributed by atoms with van der Waals surface area (Å²) in [5, 5.41) is 12.5. The minimum atomic E-state index is -0.944. The largest absolute Gasteiger partial charge is 0.478 e. The first-order valence-corrected chi connectivity index (χ1v) is 10.9. The van der Waals surface area contributed by atoms with Crippen molar-refractivity contribution in [3.05, 3.63) is 64.2 Å². The predicted molar refractivity (Wildman–Crippen MR) is 121 cm³/mol. The van der Waals surface area contributed by atoms with E-state index >= 15 is 0 Å². The number of halogens is 1. The van der Waals surface area contributed by atoms with Crippen LogP contribution in [0.25, 0.3) is 0 Å². The van der Waals surface area contributed by atoms with Gasteiger partial charge in [0.2, 0.25) is 0 Å². The van der Waals surface area contributed by atoms with Gasteiger partial charge in [0, 0.05) is 30.3 Å². The lowest BCUT2D eigenvalue weighted by Crippen LogP contribution is -2.37. The van der Waals surface area contributed by atoms with Crippen LogP contribution in [-0.4, -0.2) is 36.6 Å². The first-order chi connectivity index (χ1) is 14.3. The Hall–Kier alpha value is -2.53. The SMILES string of the molecule is CC(C)C1CCN(c2ccc(Cl)cc2C(=O)NCCc2ccc(C(=O)O)cc2)CC1. The van der Waals surface area contributed by atoms with Crippen LogP contribution in [0.4, 0.5) is 5.69 Å². The van der Waals surface area contributed by atoms with Crippen molar-refractivity contribution < 1.29 is 14.7 Å². The Kier molecular flexibility index (Phi) is 7.38. The third kappa shape index (κ3) is 5.54. The maximum absolute atomic E-state index is 12.9. The molecule has 2 N–H and O–H groups in total. The molecule has 3 rings (SSSR count). The molecule has 160 valence electrons. The van der Waals surface area contributed by atoms with Gasteiger partial charge in [-0.05, 0) is 67.0 Å². The molecule has 1 aliphatic rings. The number of hydrogen-bond acceptors (Lipinski definition) is 3. The maximum Gasteiger partial charge on any atom is 0.335 e. The third-order valence-corrected chi connectivity index (χ3v) is 6.16. The summed E-state index contributed by atoms with van der Waals surface area (Å²) in [4.78, 5) is 26.1. The molecule has 0 spiro atoms. The van der Waals surface area contributed by atoms with Crippen molar-refractivity contribution in [1.82, 2.24) is 5.32 Å². The molecule has 0 radical (unpaired) electrons. The molecule has 5 nitrogen and oxygen atoms in total. The number of amides is 1. The van der Waals surface area contributed by atoms with E-state index in [1.807, 2.05) is 12.1 Å². The van der Waals surface area contributed by atoms with Crippen molar-refractivity contribution in [2.45, 2.75) is 33.1 Å². The number of nitrogens with one attached hydrogen (secondary N) is 1. The second kappa shape index (κ2) is 9.98. The van der Waals surface area contributed by atoms with E-state index in [-0.39, 0.29) is 11.5 Å². The number of carbonyl (C=O) groups excluding carboxylic acids is 1. The molecular weight excluding hydrogens is 400 g/mol. The topological polar surface area (TPSA) is 69.6 Å². The van der Waals surface area contributed by atoms with E-state index in [1.54, 1.807) is 30.3 Å². The zero-order valence-electron chi connectivity index (χ0n) is 17.5. The van der Waals surface area contributed by atoms with Crippen molar-refractivity contribution in [1.29, 1.82) is 0 Å². The van der Waals surface area contributed by atoms with Gasteiger partial charge in [0.1, 0.15) is 0 Å². The van der Waals surface area contributed by atoms with Crippen LogP contribution in [0, 0.1) is 11.8 Å². The third-order valence-electron chi connectivity index (χ3n) is 5.93. The number of piperidine rings is 1. The average molecular weight is 429 g/mol. The minimum absolute atomic E-state index is 0.138. The van der Waals surface area contributed by atoms with Gasteiger partial charge >= 0.3 is 5.97 Å². The standard InChI is InChI=1S/C24H29ClN2O3/c1-16(2)18-10-13-27(14-11-18)22-8-7-20(25)15-21(22)23(28)26-12-9-17-3-5-19(6-4-17)24(29)30/h3-8,15-16,18H,9-14H2,1-2H3,(H,26,28)(H,29,30). The fraction of sp³-hybridized carbons (Fsp3) is 0.417. The van der Waals surface area contributed by atoms with Crippen molar-refractivity contribution in [2.75, 3.05) is 24.5 Å². The highest BCUT2D eigenvalue weighted by atomic mass is 35.5. The lowest BCUT2D eigenvalue weighted by molar-refractivity contribution is 0.0696. The normalized spacial score (nSPS) is 14.7. The molecule has 0 saturated carbocycles. The zero-order chi connectivity index (χ0) is 21.7. The molecule has 30 heavy (non-hydrogen) atoms. The Balaban J connectivity index is 1.62. The molecule has 0 unspecified atom stereocenters. The highest BCUT2D eigenvalue weighted by molar-refractivity contribution is 6.31. The Morgan fingerprint density at radius 2 is 1.80 bits per heavy atom. The summed E-state index contributed by atoms with van der Waals surface area (Å²) in [6, 6.07) is 12.2. The molecule has 6 heteroatoms. The van der Waals surface area contributed by atoms with Gasteiger partial charge in [-0.2, -0.15) is 0 Å². The summed E-state index contributed by atoms with van der Waals surface area (Å²) < 4.78 is 0. The van der Waals surface area contributed by atoms with E-state index in [4.69, 9.17) is 16.7 Å². The number of carboxylic acid groups (broad SMARTS) is 1. The van der Waals surface area contributed by atoms with Gasteiger partial charge < -0.3 is 15.3 Å². The molecule has 0 atom stereocenters. The van der Waals surface area contributed by atoms with Crippen LogP contribution in [0.15, 0.2) is 42.5 Å². The Morgan fingerprint density at radius 3 is 2.40 bits per heavy atom. The first-order valence-electron chi connectivity index (χ1n) is 10.5. The molecule has 1 aliphatic heterocycles. The predicted octanol–water partition coefficient (Wildman–Crippen LogP) is 4.88. The highest BCUT2D eigenvalue weighted by Crippen LogP contribution is 2.31. The monoisotopic (exact) mass is 428 g/mol. The second-order valence-corrected chi connectivity index (χ2v) is 8.67. The molecule has 0 bridgehead atoms. The molecule has 0 aromatic heterocycles. The molecule has 1 amide bonds. The van der Waals surface area contributed by atoms with Crippen molar-refractivity contribution >= 4 is 29.2 Å². The number of rotatable bonds is 7. The van der Waals surface area contributed by atoms with Crippen LogP contribution in [0.3, 0.4) is 0 Å². The van der Waals surface area contributed by atoms with Crippen LogP contribution >= 0.6 is 11.6 Å². The number of aromatic carboxylic acids is 1. The van der Waals surface area contributed by atoms with Crippen molar-refractivity contribution in [3.63, 3.8) is 0 Å². The van der Waals surface area contributed by atoms with Gasteiger partial charge in [-0.1, -0.05) is 37.6 Å². The Labute approximate surface area is 183 Å². The second-order valence-electron chi connectivity index (χ2n) is 8.24. The van der Waals surface area contributed by atoms with E-state index in [1.165, 1.54) is 0 Å². The molecule has 2 aromatic carbocycles. The fourth-order valence-electron chi connectivity index (χ4n) is 4.00. The van der Waals surface area contributed by atoms with Gasteiger partial charge in [0.25, 0.3) is 5.91 Å². The van der Waals surface area contributed by atoms with E-state index in [0.29, 0.717) is 29.5 Å². The van der Waals surface area contributed by atoms with E-state index in [9.17, 15) is 9.59 Å². The number of anilines is 1. The van der Waals surface area contributed by atoms with E-state index in [2.05, 4.69) is 24.1 Å². The lowest BCUT2D eigenvalue weighted by Gasteiger charge is -2.36. The van der Waals surface area contributed by atoms with E-state index in [0.717, 1.165) is 43.1 Å². The molecule has 1 heterocycles. The van der Waals surface area contributed by atoms with Crippen LogP contribution in [0.1, 0.15) is 53.0 Å². The number of benzene rings is 2. The summed E-state index contributed by atoms with van der Waals surface area (Å²) in [5.41, 5.74) is 2.77. The summed E-state index contributed by atoms with van der Waals surface area (Å²) in [5.74, 6) is 0.337. The van der Waals surface area contributed by atoms with Crippen LogP contribution in [-0.2, 0) is 6.42 Å². The average Bonchev–Trinajstić information content (AvgIpc) is 2.74. The number of carboxylic acids is 1. The number of hydrogen-bond donors (Lipinski definition) is 2. The van der Waals surface area contributed by atoms with Crippen LogP contribution < -0.4 is 10.2 Å².